The zero-order valence-corrected chi connectivity index (χ0v) is 16.2. The second kappa shape index (κ2) is 6.96. The Kier molecular flexibility index (Phi) is 4.84. The lowest BCUT2D eigenvalue weighted by molar-refractivity contribution is 0.587. The van der Waals surface area contributed by atoms with Gasteiger partial charge in [0.15, 0.2) is 9.84 Å². The fourth-order valence-electron chi connectivity index (χ4n) is 2.78. The largest absolute Gasteiger partial charge is 0.384 e. The number of aromatic nitrogens is 3. The van der Waals surface area contributed by atoms with E-state index < -0.39 is 15.1 Å². The molecule has 0 unspecified atom stereocenters. The number of pyridine rings is 1. The fraction of sp³-hybridized carbons (Fsp3) is 0.211. The highest BCUT2D eigenvalue weighted by Gasteiger charge is 2.20. The van der Waals surface area contributed by atoms with Crippen LogP contribution in [0.1, 0.15) is 19.5 Å². The highest BCUT2D eigenvalue weighted by Crippen LogP contribution is 2.33. The quantitative estimate of drug-likeness (QED) is 0.709. The normalized spacial score (nSPS) is 11.7. The Morgan fingerprint density at radius 3 is 2.11 bits per heavy atom. The van der Waals surface area contributed by atoms with Gasteiger partial charge in [-0.15, -0.1) is 0 Å². The molecule has 27 heavy (non-hydrogen) atoms. The highest BCUT2D eigenvalue weighted by atomic mass is 32.2. The maximum atomic E-state index is 12.3. The predicted octanol–water partition coefficient (Wildman–Crippen LogP) is 2.86. The first-order valence-electron chi connectivity index (χ1n) is 8.40. The minimum atomic E-state index is -3.34. The summed E-state index contributed by atoms with van der Waals surface area (Å²) < 4.78 is 24.7. The molecule has 1 aromatic carbocycles. The molecule has 2 aromatic heterocycles. The van der Waals surface area contributed by atoms with Crippen LogP contribution >= 0.6 is 0 Å². The molecule has 0 amide bonds. The first-order chi connectivity index (χ1) is 12.7. The van der Waals surface area contributed by atoms with Gasteiger partial charge in [0.25, 0.3) is 0 Å². The van der Waals surface area contributed by atoms with Crippen molar-refractivity contribution in [3.63, 3.8) is 0 Å². The second-order valence-corrected chi connectivity index (χ2v) is 8.98. The Morgan fingerprint density at radius 1 is 0.926 bits per heavy atom. The van der Waals surface area contributed by atoms with Crippen LogP contribution in [0, 0.1) is 6.92 Å². The van der Waals surface area contributed by atoms with E-state index in [-0.39, 0.29) is 10.8 Å². The first-order valence-corrected chi connectivity index (χ1v) is 9.95. The number of nitrogen functional groups attached to an aromatic ring is 2. The summed E-state index contributed by atoms with van der Waals surface area (Å²) in [5, 5.41) is -0.489. The third kappa shape index (κ3) is 3.61. The topological polar surface area (TPSA) is 125 Å². The molecule has 0 atom stereocenters. The average molecular weight is 383 g/mol. The Balaban J connectivity index is 2.16. The van der Waals surface area contributed by atoms with E-state index in [9.17, 15) is 8.42 Å². The average Bonchev–Trinajstić information content (AvgIpc) is 2.62. The van der Waals surface area contributed by atoms with Crippen LogP contribution in [0.15, 0.2) is 47.5 Å². The summed E-state index contributed by atoms with van der Waals surface area (Å²) in [4.78, 5) is 13.0. The van der Waals surface area contributed by atoms with E-state index in [4.69, 9.17) is 11.5 Å². The standard InChI is InChI=1S/C19H21N5O2S/c1-11(2)27(25,26)15-7-4-13(5-8-15)18-17(12(3)23-19(21)24-18)14-6-9-16(20)22-10-14/h4-11H,1-3H3,(H2,20,22)(H2,21,23,24). The third-order valence-electron chi connectivity index (χ3n) is 4.26. The molecule has 140 valence electrons. The number of hydrogen-bond donors (Lipinski definition) is 2. The van der Waals surface area contributed by atoms with E-state index in [0.717, 1.165) is 16.7 Å². The maximum absolute atomic E-state index is 12.3. The molecule has 0 saturated heterocycles. The highest BCUT2D eigenvalue weighted by molar-refractivity contribution is 7.92. The van der Waals surface area contributed by atoms with Gasteiger partial charge in [-0.25, -0.2) is 23.4 Å². The molecule has 8 heteroatoms. The van der Waals surface area contributed by atoms with E-state index in [0.29, 0.717) is 17.2 Å². The van der Waals surface area contributed by atoms with Crippen molar-refractivity contribution >= 4 is 21.6 Å². The summed E-state index contributed by atoms with van der Waals surface area (Å²) >= 11 is 0. The molecule has 0 spiro atoms. The van der Waals surface area contributed by atoms with E-state index in [1.165, 1.54) is 0 Å². The molecule has 0 fully saturated rings. The summed E-state index contributed by atoms with van der Waals surface area (Å²) in [5.41, 5.74) is 15.2. The second-order valence-electron chi connectivity index (χ2n) is 6.48. The number of hydrogen-bond acceptors (Lipinski definition) is 7. The SMILES string of the molecule is Cc1nc(N)nc(-c2ccc(S(=O)(=O)C(C)C)cc2)c1-c1ccc(N)nc1. The molecule has 7 nitrogen and oxygen atoms in total. The Morgan fingerprint density at radius 2 is 1.56 bits per heavy atom. The molecular weight excluding hydrogens is 362 g/mol. The molecule has 0 saturated carbocycles. The molecule has 0 aliphatic heterocycles. The predicted molar refractivity (Wildman–Crippen MR) is 107 cm³/mol. The van der Waals surface area contributed by atoms with Crippen LogP contribution in [0.4, 0.5) is 11.8 Å². The van der Waals surface area contributed by atoms with E-state index in [1.54, 1.807) is 50.4 Å². The maximum Gasteiger partial charge on any atom is 0.220 e. The first kappa shape index (κ1) is 18.8. The summed E-state index contributed by atoms with van der Waals surface area (Å²) in [7, 11) is -3.34. The summed E-state index contributed by atoms with van der Waals surface area (Å²) in [5.74, 6) is 0.561. The van der Waals surface area contributed by atoms with E-state index >= 15 is 0 Å². The van der Waals surface area contributed by atoms with Crippen LogP contribution in [-0.4, -0.2) is 28.6 Å². The smallest absolute Gasteiger partial charge is 0.220 e. The number of aryl methyl sites for hydroxylation is 1. The number of benzene rings is 1. The van der Waals surface area contributed by atoms with Gasteiger partial charge < -0.3 is 11.5 Å². The number of sulfone groups is 1. The Bertz CT molecular complexity index is 1080. The molecule has 0 radical (unpaired) electrons. The van der Waals surface area contributed by atoms with Crippen molar-refractivity contribution < 1.29 is 8.42 Å². The van der Waals surface area contributed by atoms with Gasteiger partial charge in [0.2, 0.25) is 5.95 Å². The Labute approximate surface area is 158 Å². The zero-order valence-electron chi connectivity index (χ0n) is 15.3. The van der Waals surface area contributed by atoms with Gasteiger partial charge in [-0.2, -0.15) is 0 Å². The van der Waals surface area contributed by atoms with Crippen LogP contribution in [0.25, 0.3) is 22.4 Å². The van der Waals surface area contributed by atoms with Gasteiger partial charge in [-0.3, -0.25) is 0 Å². The van der Waals surface area contributed by atoms with Crippen LogP contribution in [-0.2, 0) is 9.84 Å². The molecule has 3 aromatic rings. The minimum absolute atomic E-state index is 0.147. The van der Waals surface area contributed by atoms with Crippen LogP contribution in [0.3, 0.4) is 0 Å². The Hall–Kier alpha value is -3.00. The molecular formula is C19H21N5O2S. The van der Waals surface area contributed by atoms with Crippen molar-refractivity contribution in [2.75, 3.05) is 11.5 Å². The van der Waals surface area contributed by atoms with Crippen molar-refractivity contribution in [2.24, 2.45) is 0 Å². The van der Waals surface area contributed by atoms with Crippen molar-refractivity contribution in [1.82, 2.24) is 15.0 Å². The molecule has 0 bridgehead atoms. The van der Waals surface area contributed by atoms with Crippen molar-refractivity contribution in [1.29, 1.82) is 0 Å². The monoisotopic (exact) mass is 383 g/mol. The number of nitrogens with zero attached hydrogens (tertiary/aromatic N) is 3. The zero-order chi connectivity index (χ0) is 19.8. The molecule has 2 heterocycles. The lowest BCUT2D eigenvalue weighted by Gasteiger charge is -2.13. The van der Waals surface area contributed by atoms with Crippen molar-refractivity contribution in [3.8, 4) is 22.4 Å². The summed E-state index contributed by atoms with van der Waals surface area (Å²) in [6.07, 6.45) is 1.65. The number of anilines is 2. The van der Waals surface area contributed by atoms with Gasteiger partial charge in [0.1, 0.15) is 5.82 Å². The van der Waals surface area contributed by atoms with Crippen molar-refractivity contribution in [3.05, 3.63) is 48.3 Å². The van der Waals surface area contributed by atoms with Gasteiger partial charge in [-0.05, 0) is 45.0 Å². The van der Waals surface area contributed by atoms with Gasteiger partial charge >= 0.3 is 0 Å². The summed E-state index contributed by atoms with van der Waals surface area (Å²) in [6.45, 7) is 5.15. The van der Waals surface area contributed by atoms with Crippen molar-refractivity contribution in [2.45, 2.75) is 30.9 Å². The van der Waals surface area contributed by atoms with Crippen LogP contribution < -0.4 is 11.5 Å². The minimum Gasteiger partial charge on any atom is -0.384 e. The summed E-state index contributed by atoms with van der Waals surface area (Å²) in [6, 6.07) is 10.2. The van der Waals surface area contributed by atoms with Gasteiger partial charge in [-0.1, -0.05) is 12.1 Å². The van der Waals surface area contributed by atoms with Gasteiger partial charge in [0.05, 0.1) is 21.5 Å². The molecule has 3 rings (SSSR count). The lowest BCUT2D eigenvalue weighted by atomic mass is 9.99. The van der Waals surface area contributed by atoms with E-state index in [1.807, 2.05) is 13.0 Å². The van der Waals surface area contributed by atoms with E-state index in [2.05, 4.69) is 15.0 Å². The van der Waals surface area contributed by atoms with Crippen LogP contribution in [0.5, 0.6) is 0 Å². The molecule has 4 N–H and O–H groups in total. The lowest BCUT2D eigenvalue weighted by Crippen LogP contribution is -2.13. The molecule has 0 aliphatic carbocycles. The number of nitrogens with two attached hydrogens (primary N) is 2. The fourth-order valence-corrected chi connectivity index (χ4v) is 3.84. The molecule has 0 aliphatic rings. The number of rotatable bonds is 4. The van der Waals surface area contributed by atoms with Crippen LogP contribution in [0.2, 0.25) is 0 Å². The van der Waals surface area contributed by atoms with Gasteiger partial charge in [0, 0.05) is 22.9 Å². The third-order valence-corrected chi connectivity index (χ3v) is 6.43.